The lowest BCUT2D eigenvalue weighted by Crippen LogP contribution is -2.27. The molecule has 0 aliphatic rings. The molecule has 0 spiro atoms. The molecule has 0 aliphatic heterocycles. The van der Waals surface area contributed by atoms with Crippen LogP contribution in [0.1, 0.15) is 24.9 Å². The zero-order chi connectivity index (χ0) is 15.2. The zero-order valence-corrected chi connectivity index (χ0v) is 11.7. The fraction of sp³-hybridized carbons (Fsp3) is 0.235. The van der Waals surface area contributed by atoms with Crippen molar-refractivity contribution in [2.45, 2.75) is 25.8 Å². The van der Waals surface area contributed by atoms with Gasteiger partial charge in [0.25, 0.3) is 0 Å². The van der Waals surface area contributed by atoms with Gasteiger partial charge in [-0.3, -0.25) is 4.79 Å². The molecule has 2 nitrogen and oxygen atoms in total. The summed E-state index contributed by atoms with van der Waals surface area (Å²) in [6, 6.07) is 16.5. The van der Waals surface area contributed by atoms with Crippen LogP contribution in [0.2, 0.25) is 0 Å². The third-order valence-electron chi connectivity index (χ3n) is 3.21. The molecule has 0 radical (unpaired) electrons. The Morgan fingerprint density at radius 3 is 2.10 bits per heavy atom. The molecular weight excluding hydrogens is 272 g/mol. The van der Waals surface area contributed by atoms with Crippen LogP contribution >= 0.6 is 0 Å². The van der Waals surface area contributed by atoms with Gasteiger partial charge < -0.3 is 5.32 Å². The highest BCUT2D eigenvalue weighted by molar-refractivity contribution is 5.73. The third kappa shape index (κ3) is 4.38. The minimum absolute atomic E-state index is 0.312. The van der Waals surface area contributed by atoms with E-state index in [1.54, 1.807) is 12.1 Å². The molecule has 2 rings (SSSR count). The Balaban J connectivity index is 2.21. The van der Waals surface area contributed by atoms with Crippen LogP contribution in [0, 0.1) is 0 Å². The average molecular weight is 289 g/mol. The Morgan fingerprint density at radius 2 is 1.57 bits per heavy atom. The molecule has 21 heavy (non-hydrogen) atoms. The van der Waals surface area contributed by atoms with Crippen LogP contribution in [0.25, 0.3) is 11.1 Å². The van der Waals surface area contributed by atoms with Crippen molar-refractivity contribution in [1.29, 1.82) is 0 Å². The summed E-state index contributed by atoms with van der Waals surface area (Å²) >= 11 is 0. The summed E-state index contributed by atoms with van der Waals surface area (Å²) in [5.74, 6) is -0.312. The Morgan fingerprint density at radius 1 is 1.00 bits per heavy atom. The summed E-state index contributed by atoms with van der Waals surface area (Å²) in [7, 11) is 0. The van der Waals surface area contributed by atoms with Crippen molar-refractivity contribution in [3.63, 3.8) is 0 Å². The number of halogens is 2. The quantitative estimate of drug-likeness (QED) is 0.878. The van der Waals surface area contributed by atoms with E-state index < -0.39 is 12.5 Å². The van der Waals surface area contributed by atoms with Crippen molar-refractivity contribution < 1.29 is 13.6 Å². The van der Waals surface area contributed by atoms with Crippen molar-refractivity contribution in [3.8, 4) is 11.1 Å². The van der Waals surface area contributed by atoms with Crippen LogP contribution < -0.4 is 5.32 Å². The van der Waals surface area contributed by atoms with Crippen LogP contribution in [-0.2, 0) is 4.79 Å². The number of carbonyl (C=O) groups is 1. The second kappa shape index (κ2) is 6.97. The van der Waals surface area contributed by atoms with Gasteiger partial charge in [-0.2, -0.15) is 0 Å². The third-order valence-corrected chi connectivity index (χ3v) is 3.21. The molecule has 2 aromatic carbocycles. The van der Waals surface area contributed by atoms with Crippen LogP contribution in [0.4, 0.5) is 8.78 Å². The number of hydrogen-bond donors (Lipinski definition) is 1. The molecule has 1 atom stereocenters. The molecule has 0 aromatic heterocycles. The number of benzene rings is 2. The minimum Gasteiger partial charge on any atom is -0.349 e. The summed E-state index contributed by atoms with van der Waals surface area (Å²) < 4.78 is 25.2. The molecule has 0 saturated carbocycles. The van der Waals surface area contributed by atoms with Gasteiger partial charge >= 0.3 is 0 Å². The van der Waals surface area contributed by atoms with E-state index >= 15 is 0 Å². The summed E-state index contributed by atoms with van der Waals surface area (Å²) in [6.45, 7) is 1.33. The first-order valence-electron chi connectivity index (χ1n) is 6.77. The zero-order valence-electron chi connectivity index (χ0n) is 11.7. The van der Waals surface area contributed by atoms with E-state index in [1.165, 1.54) is 6.92 Å². The van der Waals surface area contributed by atoms with Gasteiger partial charge in [0.15, 0.2) is 0 Å². The molecule has 0 aliphatic carbocycles. The van der Waals surface area contributed by atoms with Gasteiger partial charge in [-0.15, -0.1) is 0 Å². The standard InChI is InChI=1S/C17H17F2NO/c1-12(21)20-16(11-17(18)19)15-9-7-14(8-10-15)13-5-3-2-4-6-13/h2-10,16-17H,11H2,1H3,(H,20,21). The SMILES string of the molecule is CC(=O)NC(CC(F)F)c1ccc(-c2ccccc2)cc1. The normalized spacial score (nSPS) is 12.2. The lowest BCUT2D eigenvalue weighted by molar-refractivity contribution is -0.119. The predicted molar refractivity (Wildman–Crippen MR) is 79.1 cm³/mol. The molecule has 0 fully saturated rings. The van der Waals surface area contributed by atoms with E-state index in [2.05, 4.69) is 5.32 Å². The molecule has 110 valence electrons. The maximum absolute atomic E-state index is 12.6. The predicted octanol–water partition coefficient (Wildman–Crippen LogP) is 4.19. The van der Waals surface area contributed by atoms with E-state index in [-0.39, 0.29) is 12.3 Å². The molecule has 0 saturated heterocycles. The van der Waals surface area contributed by atoms with Crippen LogP contribution in [-0.4, -0.2) is 12.3 Å². The number of amides is 1. The van der Waals surface area contributed by atoms with Gasteiger partial charge in [0.05, 0.1) is 6.04 Å². The van der Waals surface area contributed by atoms with Gasteiger partial charge in [-0.25, -0.2) is 8.78 Å². The summed E-state index contributed by atoms with van der Waals surface area (Å²) in [5, 5.41) is 2.57. The summed E-state index contributed by atoms with van der Waals surface area (Å²) in [4.78, 5) is 11.1. The smallest absolute Gasteiger partial charge is 0.240 e. The van der Waals surface area contributed by atoms with Crippen molar-refractivity contribution in [1.82, 2.24) is 5.32 Å². The van der Waals surface area contributed by atoms with Crippen molar-refractivity contribution in [2.75, 3.05) is 0 Å². The Labute approximate surface area is 122 Å². The second-order valence-corrected chi connectivity index (χ2v) is 4.87. The number of rotatable bonds is 5. The molecule has 4 heteroatoms. The Bertz CT molecular complexity index is 581. The number of hydrogen-bond acceptors (Lipinski definition) is 1. The van der Waals surface area contributed by atoms with Crippen LogP contribution in [0.15, 0.2) is 54.6 Å². The van der Waals surface area contributed by atoms with Crippen molar-refractivity contribution in [2.24, 2.45) is 0 Å². The number of carbonyl (C=O) groups excluding carboxylic acids is 1. The Kier molecular flexibility index (Phi) is 5.04. The topological polar surface area (TPSA) is 29.1 Å². The molecule has 0 bridgehead atoms. The minimum atomic E-state index is -2.46. The van der Waals surface area contributed by atoms with Gasteiger partial charge in [0.2, 0.25) is 12.3 Å². The molecule has 1 amide bonds. The molecule has 2 aromatic rings. The molecule has 0 heterocycles. The molecule has 1 unspecified atom stereocenters. The van der Waals surface area contributed by atoms with Gasteiger partial charge in [-0.05, 0) is 16.7 Å². The first-order valence-corrected chi connectivity index (χ1v) is 6.77. The van der Waals surface area contributed by atoms with Crippen molar-refractivity contribution >= 4 is 5.91 Å². The first-order chi connectivity index (χ1) is 10.1. The highest BCUT2D eigenvalue weighted by Gasteiger charge is 2.18. The van der Waals surface area contributed by atoms with Gasteiger partial charge in [-0.1, -0.05) is 54.6 Å². The lowest BCUT2D eigenvalue weighted by Gasteiger charge is -2.18. The molecular formula is C17H17F2NO. The number of alkyl halides is 2. The first kappa shape index (κ1) is 15.2. The van der Waals surface area contributed by atoms with Crippen molar-refractivity contribution in [3.05, 3.63) is 60.2 Å². The van der Waals surface area contributed by atoms with Crippen LogP contribution in [0.3, 0.4) is 0 Å². The van der Waals surface area contributed by atoms with E-state index in [9.17, 15) is 13.6 Å². The largest absolute Gasteiger partial charge is 0.349 e. The van der Waals surface area contributed by atoms with Gasteiger partial charge in [0.1, 0.15) is 0 Å². The Hall–Kier alpha value is -2.23. The summed E-state index contributed by atoms with van der Waals surface area (Å²) in [6.07, 6.45) is -2.85. The highest BCUT2D eigenvalue weighted by Crippen LogP contribution is 2.25. The highest BCUT2D eigenvalue weighted by atomic mass is 19.3. The van der Waals surface area contributed by atoms with E-state index in [4.69, 9.17) is 0 Å². The fourth-order valence-electron chi connectivity index (χ4n) is 2.24. The number of nitrogens with one attached hydrogen (secondary N) is 1. The van der Waals surface area contributed by atoms with E-state index in [0.29, 0.717) is 5.56 Å². The van der Waals surface area contributed by atoms with E-state index in [1.807, 2.05) is 42.5 Å². The second-order valence-electron chi connectivity index (χ2n) is 4.87. The summed E-state index contributed by atoms with van der Waals surface area (Å²) in [5.41, 5.74) is 2.76. The van der Waals surface area contributed by atoms with E-state index in [0.717, 1.165) is 11.1 Å². The monoisotopic (exact) mass is 289 g/mol. The lowest BCUT2D eigenvalue weighted by atomic mass is 9.99. The maximum atomic E-state index is 12.6. The van der Waals surface area contributed by atoms with Gasteiger partial charge in [0, 0.05) is 13.3 Å². The fourth-order valence-corrected chi connectivity index (χ4v) is 2.24. The maximum Gasteiger partial charge on any atom is 0.240 e. The molecule has 1 N–H and O–H groups in total. The van der Waals surface area contributed by atoms with Crippen LogP contribution in [0.5, 0.6) is 0 Å². The average Bonchev–Trinajstić information content (AvgIpc) is 2.47.